The number of phenolic OH excluding ortho intramolecular Hbond substituents is 1. The first-order chi connectivity index (χ1) is 13.9. The summed E-state index contributed by atoms with van der Waals surface area (Å²) >= 11 is 0. The summed E-state index contributed by atoms with van der Waals surface area (Å²) in [6.45, 7) is -0.545. The first-order valence-corrected chi connectivity index (χ1v) is 9.14. The van der Waals surface area contributed by atoms with E-state index in [1.165, 1.54) is 7.11 Å². The molecule has 5 atom stereocenters. The fourth-order valence-corrected chi connectivity index (χ4v) is 3.69. The fraction of sp³-hybridized carbons (Fsp3) is 0.333. The standard InChI is InChI=1S/C21H22O8/c1-27-14-8-12(28-21-20(26)19(25)18(24)15(9-22)29-21)7-11-6-5-10-3-2-4-13(23)16(10)17(11)14/h2-8,15,18-26H,9H2,1H3/t15-,18-,19+,20-,21-/m1/s1. The van der Waals surface area contributed by atoms with Gasteiger partial charge in [-0.25, -0.2) is 0 Å². The lowest BCUT2D eigenvalue weighted by Crippen LogP contribution is -2.60. The van der Waals surface area contributed by atoms with Crippen LogP contribution >= 0.6 is 0 Å². The van der Waals surface area contributed by atoms with Gasteiger partial charge in [0.1, 0.15) is 41.7 Å². The SMILES string of the molecule is COc1cc(O[C@@H]2O[C@H](CO)[C@@H](O)[C@H](O)[C@H]2O)cc2ccc3cccc(O)c3c12. The Morgan fingerprint density at radius 3 is 2.41 bits per heavy atom. The van der Waals surface area contributed by atoms with Crippen LogP contribution in [0.25, 0.3) is 21.5 Å². The number of hydrogen-bond acceptors (Lipinski definition) is 8. The predicted octanol–water partition coefficient (Wildman–Crippen LogP) is 0.886. The van der Waals surface area contributed by atoms with E-state index in [0.29, 0.717) is 16.5 Å². The third-order valence-electron chi connectivity index (χ3n) is 5.19. The van der Waals surface area contributed by atoms with Crippen molar-refractivity contribution >= 4 is 21.5 Å². The van der Waals surface area contributed by atoms with Crippen LogP contribution in [0.5, 0.6) is 17.2 Å². The van der Waals surface area contributed by atoms with Crippen molar-refractivity contribution in [2.75, 3.05) is 13.7 Å². The van der Waals surface area contributed by atoms with Crippen LogP contribution in [-0.4, -0.2) is 70.0 Å². The van der Waals surface area contributed by atoms with Crippen LogP contribution in [0.4, 0.5) is 0 Å². The van der Waals surface area contributed by atoms with E-state index in [1.807, 2.05) is 18.2 Å². The highest BCUT2D eigenvalue weighted by atomic mass is 16.7. The highest BCUT2D eigenvalue weighted by molar-refractivity contribution is 6.13. The maximum atomic E-state index is 10.3. The molecule has 1 saturated heterocycles. The molecule has 0 radical (unpaired) electrons. The molecule has 0 saturated carbocycles. The minimum absolute atomic E-state index is 0.119. The van der Waals surface area contributed by atoms with Crippen LogP contribution in [-0.2, 0) is 4.74 Å². The molecule has 8 heteroatoms. The quantitative estimate of drug-likeness (QED) is 0.407. The van der Waals surface area contributed by atoms with Crippen molar-refractivity contribution < 1.29 is 39.7 Å². The van der Waals surface area contributed by atoms with Gasteiger partial charge in [-0.15, -0.1) is 0 Å². The van der Waals surface area contributed by atoms with Crippen molar-refractivity contribution in [3.05, 3.63) is 42.5 Å². The number of aromatic hydroxyl groups is 1. The Labute approximate surface area is 166 Å². The second-order valence-electron chi connectivity index (χ2n) is 6.98. The van der Waals surface area contributed by atoms with E-state index >= 15 is 0 Å². The van der Waals surface area contributed by atoms with E-state index in [2.05, 4.69) is 0 Å². The molecular weight excluding hydrogens is 380 g/mol. The van der Waals surface area contributed by atoms with E-state index in [4.69, 9.17) is 14.2 Å². The van der Waals surface area contributed by atoms with Gasteiger partial charge >= 0.3 is 0 Å². The molecule has 0 aliphatic carbocycles. The van der Waals surface area contributed by atoms with E-state index in [-0.39, 0.29) is 11.5 Å². The average Bonchev–Trinajstić information content (AvgIpc) is 2.73. The monoisotopic (exact) mass is 402 g/mol. The van der Waals surface area contributed by atoms with Gasteiger partial charge in [0.05, 0.1) is 13.7 Å². The number of phenols is 1. The second-order valence-corrected chi connectivity index (χ2v) is 6.98. The Hall–Kier alpha value is -2.62. The van der Waals surface area contributed by atoms with Crippen molar-refractivity contribution in [2.45, 2.75) is 30.7 Å². The van der Waals surface area contributed by atoms with Gasteiger partial charge in [-0.1, -0.05) is 24.3 Å². The summed E-state index contributed by atoms with van der Waals surface area (Å²) in [5, 5.41) is 52.6. The van der Waals surface area contributed by atoms with Crippen molar-refractivity contribution in [2.24, 2.45) is 0 Å². The Balaban J connectivity index is 1.76. The normalized spacial score (nSPS) is 27.3. The van der Waals surface area contributed by atoms with Crippen molar-refractivity contribution in [3.63, 3.8) is 0 Å². The Morgan fingerprint density at radius 1 is 0.931 bits per heavy atom. The number of rotatable bonds is 4. The molecule has 8 nitrogen and oxygen atoms in total. The fourth-order valence-electron chi connectivity index (χ4n) is 3.69. The number of aliphatic hydroxyl groups excluding tert-OH is 4. The average molecular weight is 402 g/mol. The summed E-state index contributed by atoms with van der Waals surface area (Å²) in [7, 11) is 1.49. The molecule has 1 heterocycles. The summed E-state index contributed by atoms with van der Waals surface area (Å²) in [6.07, 6.45) is -6.89. The van der Waals surface area contributed by atoms with Gasteiger partial charge in [0.15, 0.2) is 0 Å². The molecule has 0 unspecified atom stereocenters. The molecule has 3 aromatic rings. The van der Waals surface area contributed by atoms with Crippen molar-refractivity contribution in [1.29, 1.82) is 0 Å². The molecule has 0 aromatic heterocycles. The Morgan fingerprint density at radius 2 is 1.69 bits per heavy atom. The molecule has 1 fully saturated rings. The van der Waals surface area contributed by atoms with Gasteiger partial charge in [0.25, 0.3) is 0 Å². The number of hydrogen-bond donors (Lipinski definition) is 5. The molecule has 1 aliphatic heterocycles. The van der Waals surface area contributed by atoms with Gasteiger partial charge in [0.2, 0.25) is 6.29 Å². The highest BCUT2D eigenvalue weighted by Gasteiger charge is 2.44. The molecule has 3 aromatic carbocycles. The number of aliphatic hydroxyl groups is 4. The first kappa shape index (κ1) is 19.7. The molecule has 154 valence electrons. The molecule has 29 heavy (non-hydrogen) atoms. The van der Waals surface area contributed by atoms with E-state index in [1.54, 1.807) is 24.3 Å². The maximum absolute atomic E-state index is 10.3. The van der Waals surface area contributed by atoms with Gasteiger partial charge in [-0.3, -0.25) is 0 Å². The summed E-state index contributed by atoms with van der Waals surface area (Å²) in [6, 6.07) is 12.2. The molecule has 5 N–H and O–H groups in total. The summed E-state index contributed by atoms with van der Waals surface area (Å²) in [5.74, 6) is 0.844. The molecule has 4 rings (SSSR count). The van der Waals surface area contributed by atoms with Crippen LogP contribution in [0, 0.1) is 0 Å². The van der Waals surface area contributed by atoms with Crippen LogP contribution < -0.4 is 9.47 Å². The van der Waals surface area contributed by atoms with Crippen LogP contribution in [0.15, 0.2) is 42.5 Å². The third-order valence-corrected chi connectivity index (χ3v) is 5.19. The van der Waals surface area contributed by atoms with Gasteiger partial charge < -0.3 is 39.7 Å². The van der Waals surface area contributed by atoms with E-state index in [9.17, 15) is 25.5 Å². The molecular formula is C21H22O8. The number of benzene rings is 3. The van der Waals surface area contributed by atoms with Crippen LogP contribution in [0.2, 0.25) is 0 Å². The number of ether oxygens (including phenoxy) is 3. The minimum atomic E-state index is -1.53. The zero-order chi connectivity index (χ0) is 20.7. The summed E-state index contributed by atoms with van der Waals surface area (Å²) in [5.41, 5.74) is 0. The number of fused-ring (bicyclic) bond motifs is 3. The molecule has 0 bridgehead atoms. The minimum Gasteiger partial charge on any atom is -0.507 e. The van der Waals surface area contributed by atoms with Gasteiger partial charge in [0, 0.05) is 16.8 Å². The molecule has 0 spiro atoms. The predicted molar refractivity (Wildman–Crippen MR) is 104 cm³/mol. The van der Waals surface area contributed by atoms with Gasteiger partial charge in [-0.2, -0.15) is 0 Å². The van der Waals surface area contributed by atoms with E-state index < -0.39 is 37.3 Å². The van der Waals surface area contributed by atoms with Crippen LogP contribution in [0.3, 0.4) is 0 Å². The molecule has 0 amide bonds. The van der Waals surface area contributed by atoms with Gasteiger partial charge in [-0.05, 0) is 22.9 Å². The lowest BCUT2D eigenvalue weighted by molar-refractivity contribution is -0.277. The largest absolute Gasteiger partial charge is 0.507 e. The van der Waals surface area contributed by atoms with E-state index in [0.717, 1.165) is 10.8 Å². The summed E-state index contributed by atoms with van der Waals surface area (Å²) in [4.78, 5) is 0. The zero-order valence-electron chi connectivity index (χ0n) is 15.6. The third kappa shape index (κ3) is 3.35. The maximum Gasteiger partial charge on any atom is 0.229 e. The van der Waals surface area contributed by atoms with Crippen molar-refractivity contribution in [1.82, 2.24) is 0 Å². The number of methoxy groups -OCH3 is 1. The summed E-state index contributed by atoms with van der Waals surface area (Å²) < 4.78 is 16.6. The van der Waals surface area contributed by atoms with Crippen molar-refractivity contribution in [3.8, 4) is 17.2 Å². The Kier molecular flexibility index (Phi) is 5.20. The topological polar surface area (TPSA) is 129 Å². The zero-order valence-corrected chi connectivity index (χ0v) is 15.6. The lowest BCUT2D eigenvalue weighted by atomic mass is 9.99. The first-order valence-electron chi connectivity index (χ1n) is 9.14. The highest BCUT2D eigenvalue weighted by Crippen LogP contribution is 2.40. The molecule has 1 aliphatic rings. The smallest absolute Gasteiger partial charge is 0.229 e. The second kappa shape index (κ2) is 7.66. The van der Waals surface area contributed by atoms with Crippen LogP contribution in [0.1, 0.15) is 0 Å². The lowest BCUT2D eigenvalue weighted by Gasteiger charge is -2.39. The Bertz CT molecular complexity index is 1030.